The number of pyridine rings is 1. The third-order valence-electron chi connectivity index (χ3n) is 5.29. The van der Waals surface area contributed by atoms with Gasteiger partial charge in [0.05, 0.1) is 11.3 Å². The number of rotatable bonds is 6. The molecule has 0 atom stereocenters. The zero-order chi connectivity index (χ0) is 23.5. The third kappa shape index (κ3) is 4.31. The number of H-pyrrole nitrogens is 1. The van der Waals surface area contributed by atoms with E-state index in [4.69, 9.17) is 4.74 Å². The maximum absolute atomic E-state index is 12.7. The number of anilines is 1. The van der Waals surface area contributed by atoms with E-state index in [1.807, 2.05) is 44.2 Å². The number of hydrogen-bond acceptors (Lipinski definition) is 7. The molecule has 168 valence electrons. The average molecular weight is 451 g/mol. The van der Waals surface area contributed by atoms with Crippen molar-refractivity contribution in [2.45, 2.75) is 20.3 Å². The molecule has 0 spiro atoms. The summed E-state index contributed by atoms with van der Waals surface area (Å²) in [5, 5.41) is 13.5. The second kappa shape index (κ2) is 9.07. The monoisotopic (exact) mass is 451 g/mol. The summed E-state index contributed by atoms with van der Waals surface area (Å²) in [5.74, 6) is 1.60. The van der Waals surface area contributed by atoms with Crippen LogP contribution in [0.1, 0.15) is 28.7 Å². The van der Waals surface area contributed by atoms with E-state index in [1.54, 1.807) is 36.7 Å². The van der Waals surface area contributed by atoms with Gasteiger partial charge in [-0.2, -0.15) is 15.4 Å². The lowest BCUT2D eigenvalue weighted by Gasteiger charge is -2.13. The highest BCUT2D eigenvalue weighted by atomic mass is 16.5. The number of nitrogens with zero attached hydrogens (tertiary/aromatic N) is 5. The van der Waals surface area contributed by atoms with Gasteiger partial charge in [0.15, 0.2) is 0 Å². The van der Waals surface area contributed by atoms with Gasteiger partial charge in [-0.1, -0.05) is 6.92 Å². The summed E-state index contributed by atoms with van der Waals surface area (Å²) in [5.41, 5.74) is 4.86. The summed E-state index contributed by atoms with van der Waals surface area (Å²) in [6, 6.07) is 16.2. The molecular weight excluding hydrogens is 430 g/mol. The molecule has 2 aromatic carbocycles. The van der Waals surface area contributed by atoms with E-state index in [9.17, 15) is 4.79 Å². The first-order valence-corrected chi connectivity index (χ1v) is 10.8. The number of aromatic amines is 1. The van der Waals surface area contributed by atoms with Crippen molar-refractivity contribution in [2.75, 3.05) is 5.32 Å². The van der Waals surface area contributed by atoms with Crippen LogP contribution in [0.4, 0.5) is 5.69 Å². The van der Waals surface area contributed by atoms with Crippen LogP contribution in [0.5, 0.6) is 11.6 Å². The largest absolute Gasteiger partial charge is 0.438 e. The fourth-order valence-corrected chi connectivity index (χ4v) is 3.52. The second-order valence-corrected chi connectivity index (χ2v) is 7.63. The highest BCUT2D eigenvalue weighted by Gasteiger charge is 2.13. The van der Waals surface area contributed by atoms with Crippen molar-refractivity contribution in [3.8, 4) is 22.9 Å². The Morgan fingerprint density at radius 1 is 1.00 bits per heavy atom. The molecule has 0 bridgehead atoms. The van der Waals surface area contributed by atoms with Crippen molar-refractivity contribution >= 4 is 22.6 Å². The Bertz CT molecular complexity index is 1500. The number of benzene rings is 2. The van der Waals surface area contributed by atoms with Crippen LogP contribution in [0.3, 0.4) is 0 Å². The SMILES string of the molecule is CCc1nccc(-c2cccnc2Oc2ccc(NC(=O)c3ccc4n[nH]nc4c3)cc2C)n1. The molecule has 3 heterocycles. The van der Waals surface area contributed by atoms with Crippen LogP contribution in [0, 0.1) is 6.92 Å². The van der Waals surface area contributed by atoms with Crippen LogP contribution in [-0.4, -0.2) is 36.3 Å². The molecule has 1 amide bonds. The van der Waals surface area contributed by atoms with E-state index in [0.717, 1.165) is 29.1 Å². The predicted octanol–water partition coefficient (Wildman–Crippen LogP) is 4.73. The third-order valence-corrected chi connectivity index (χ3v) is 5.29. The van der Waals surface area contributed by atoms with Crippen molar-refractivity contribution in [3.63, 3.8) is 0 Å². The first-order valence-electron chi connectivity index (χ1n) is 10.8. The summed E-state index contributed by atoms with van der Waals surface area (Å²) in [6.07, 6.45) is 4.15. The maximum atomic E-state index is 12.7. The van der Waals surface area contributed by atoms with Gasteiger partial charge in [-0.25, -0.2) is 15.0 Å². The molecule has 0 saturated heterocycles. The lowest BCUT2D eigenvalue weighted by atomic mass is 10.1. The molecule has 0 unspecified atom stereocenters. The molecule has 3 aromatic heterocycles. The number of aromatic nitrogens is 6. The molecule has 0 saturated carbocycles. The van der Waals surface area contributed by atoms with E-state index in [0.29, 0.717) is 33.9 Å². The smallest absolute Gasteiger partial charge is 0.255 e. The van der Waals surface area contributed by atoms with E-state index >= 15 is 0 Å². The standard InChI is InChI=1S/C25H21N7O2/c1-3-23-26-12-10-19(29-23)18-5-4-11-27-25(18)34-22-9-7-17(13-15(22)2)28-24(33)16-6-8-20-21(14-16)31-32-30-20/h4-14H,3H2,1-2H3,(H,28,33)(H,30,31,32). The molecule has 0 aliphatic rings. The highest BCUT2D eigenvalue weighted by molar-refractivity contribution is 6.05. The highest BCUT2D eigenvalue weighted by Crippen LogP contribution is 2.32. The fraction of sp³-hybridized carbons (Fsp3) is 0.120. The van der Waals surface area contributed by atoms with Gasteiger partial charge in [0.25, 0.3) is 5.91 Å². The summed E-state index contributed by atoms with van der Waals surface area (Å²) >= 11 is 0. The Balaban J connectivity index is 1.36. The zero-order valence-electron chi connectivity index (χ0n) is 18.6. The molecule has 0 radical (unpaired) electrons. The van der Waals surface area contributed by atoms with Crippen LogP contribution in [0.15, 0.2) is 67.0 Å². The Kier molecular flexibility index (Phi) is 5.65. The van der Waals surface area contributed by atoms with Gasteiger partial charge in [-0.15, -0.1) is 0 Å². The van der Waals surface area contributed by atoms with Gasteiger partial charge in [0.2, 0.25) is 5.88 Å². The Morgan fingerprint density at radius 3 is 2.74 bits per heavy atom. The summed E-state index contributed by atoms with van der Waals surface area (Å²) in [7, 11) is 0. The summed E-state index contributed by atoms with van der Waals surface area (Å²) in [6.45, 7) is 3.92. The first kappa shape index (κ1) is 21.2. The van der Waals surface area contributed by atoms with Crippen LogP contribution < -0.4 is 10.1 Å². The topological polar surface area (TPSA) is 119 Å². The van der Waals surface area contributed by atoms with Crippen LogP contribution in [-0.2, 0) is 6.42 Å². The normalized spacial score (nSPS) is 10.9. The van der Waals surface area contributed by atoms with Gasteiger partial charge in [0, 0.05) is 30.1 Å². The van der Waals surface area contributed by atoms with Gasteiger partial charge in [-0.3, -0.25) is 4.79 Å². The molecule has 2 N–H and O–H groups in total. The van der Waals surface area contributed by atoms with Gasteiger partial charge in [0.1, 0.15) is 22.6 Å². The number of nitrogens with one attached hydrogen (secondary N) is 2. The van der Waals surface area contributed by atoms with E-state index < -0.39 is 0 Å². The summed E-state index contributed by atoms with van der Waals surface area (Å²) < 4.78 is 6.15. The molecule has 9 nitrogen and oxygen atoms in total. The lowest BCUT2D eigenvalue weighted by Crippen LogP contribution is -2.12. The molecule has 34 heavy (non-hydrogen) atoms. The number of hydrogen-bond donors (Lipinski definition) is 2. The number of ether oxygens (including phenoxy) is 1. The van der Waals surface area contributed by atoms with Crippen LogP contribution >= 0.6 is 0 Å². The minimum Gasteiger partial charge on any atom is -0.438 e. The van der Waals surface area contributed by atoms with Crippen molar-refractivity contribution in [2.24, 2.45) is 0 Å². The summed E-state index contributed by atoms with van der Waals surface area (Å²) in [4.78, 5) is 26.0. The fourth-order valence-electron chi connectivity index (χ4n) is 3.52. The second-order valence-electron chi connectivity index (χ2n) is 7.63. The number of aryl methyl sites for hydroxylation is 2. The Hall–Kier alpha value is -4.66. The molecule has 0 aliphatic heterocycles. The Morgan fingerprint density at radius 2 is 1.88 bits per heavy atom. The van der Waals surface area contributed by atoms with Crippen molar-refractivity contribution in [1.82, 2.24) is 30.4 Å². The zero-order valence-corrected chi connectivity index (χ0v) is 18.6. The van der Waals surface area contributed by atoms with Gasteiger partial charge >= 0.3 is 0 Å². The minimum atomic E-state index is -0.236. The van der Waals surface area contributed by atoms with Crippen molar-refractivity contribution in [3.05, 3.63) is 83.9 Å². The number of amides is 1. The van der Waals surface area contributed by atoms with Crippen molar-refractivity contribution in [1.29, 1.82) is 0 Å². The molecule has 0 aliphatic carbocycles. The van der Waals surface area contributed by atoms with Gasteiger partial charge < -0.3 is 10.1 Å². The number of fused-ring (bicyclic) bond motifs is 1. The minimum absolute atomic E-state index is 0.236. The Labute approximate surface area is 195 Å². The molecule has 5 rings (SSSR count). The van der Waals surface area contributed by atoms with Crippen LogP contribution in [0.25, 0.3) is 22.3 Å². The molecular formula is C25H21N7O2. The molecule has 9 heteroatoms. The van der Waals surface area contributed by atoms with E-state index in [-0.39, 0.29) is 5.91 Å². The quantitative estimate of drug-likeness (QED) is 0.383. The first-order chi connectivity index (χ1) is 16.6. The van der Waals surface area contributed by atoms with E-state index in [2.05, 4.69) is 35.7 Å². The maximum Gasteiger partial charge on any atom is 0.255 e. The average Bonchev–Trinajstić information content (AvgIpc) is 3.34. The molecule has 0 fully saturated rings. The predicted molar refractivity (Wildman–Crippen MR) is 128 cm³/mol. The molecule has 5 aromatic rings. The van der Waals surface area contributed by atoms with E-state index in [1.165, 1.54) is 0 Å². The van der Waals surface area contributed by atoms with Crippen LogP contribution in [0.2, 0.25) is 0 Å². The van der Waals surface area contributed by atoms with Gasteiger partial charge in [-0.05, 0) is 67.1 Å². The number of carbonyl (C=O) groups excluding carboxylic acids is 1. The lowest BCUT2D eigenvalue weighted by molar-refractivity contribution is 0.102. The number of carbonyl (C=O) groups is 1. The van der Waals surface area contributed by atoms with Crippen molar-refractivity contribution < 1.29 is 9.53 Å².